The fourth-order valence-corrected chi connectivity index (χ4v) is 3.28. The van der Waals surface area contributed by atoms with Crippen molar-refractivity contribution >= 4 is 23.5 Å². The molecule has 0 fully saturated rings. The van der Waals surface area contributed by atoms with Gasteiger partial charge in [0.15, 0.2) is 11.5 Å². The van der Waals surface area contributed by atoms with Gasteiger partial charge < -0.3 is 19.5 Å². The quantitative estimate of drug-likeness (QED) is 0.194. The van der Waals surface area contributed by atoms with E-state index in [-0.39, 0.29) is 12.5 Å². The van der Waals surface area contributed by atoms with Gasteiger partial charge in [-0.05, 0) is 59.2 Å². The number of carbonyl (C=O) groups is 2. The molecule has 3 N–H and O–H groups in total. The molecule has 0 aliphatic carbocycles. The van der Waals surface area contributed by atoms with Crippen LogP contribution in [0.4, 0.5) is 0 Å². The Balaban J connectivity index is 1.88. The molecule has 0 saturated heterocycles. The Bertz CT molecular complexity index is 1170. The predicted octanol–water partition coefficient (Wildman–Crippen LogP) is 3.69. The van der Waals surface area contributed by atoms with E-state index in [1.807, 2.05) is 18.2 Å². The molecule has 3 rings (SSSR count). The van der Waals surface area contributed by atoms with Crippen LogP contribution in [-0.4, -0.2) is 38.4 Å². The van der Waals surface area contributed by atoms with Crippen molar-refractivity contribution in [3.05, 3.63) is 89.0 Å². The van der Waals surface area contributed by atoms with Gasteiger partial charge in [-0.25, -0.2) is 5.48 Å². The normalized spacial score (nSPS) is 10.9. The van der Waals surface area contributed by atoms with E-state index in [9.17, 15) is 9.59 Å². The zero-order valence-electron chi connectivity index (χ0n) is 19.1. The first-order valence-electron chi connectivity index (χ1n) is 10.4. The summed E-state index contributed by atoms with van der Waals surface area (Å²) in [6, 6.07) is 19.1. The lowest BCUT2D eigenvalue weighted by Crippen LogP contribution is -2.24. The maximum Gasteiger partial charge on any atom is 0.274 e. The van der Waals surface area contributed by atoms with Crippen molar-refractivity contribution in [3.63, 3.8) is 0 Å². The van der Waals surface area contributed by atoms with E-state index < -0.39 is 5.91 Å². The minimum Gasteiger partial charge on any atom is -0.497 e. The summed E-state index contributed by atoms with van der Waals surface area (Å²) in [5, 5.41) is 11.6. The summed E-state index contributed by atoms with van der Waals surface area (Å²) in [5.41, 5.74) is 4.62. The molecule has 0 spiro atoms. The van der Waals surface area contributed by atoms with Crippen molar-refractivity contribution < 1.29 is 29.0 Å². The average molecular weight is 463 g/mol. The Hall–Kier alpha value is -4.30. The van der Waals surface area contributed by atoms with Crippen LogP contribution in [0, 0.1) is 0 Å². The lowest BCUT2D eigenvalue weighted by Gasteiger charge is -2.12. The lowest BCUT2D eigenvalue weighted by molar-refractivity contribution is -0.115. The zero-order chi connectivity index (χ0) is 24.5. The standard InChI is InChI=1S/C26H26N2O6/c1-32-21-11-9-19(10-12-21)22(14-18-6-13-23(33-2)24(15-18)34-3)26(30)27-16-17-4-7-20(8-5-17)25(29)28-31/h4-15,31H,16H2,1-3H3,(H,27,30)(H,28,29). The van der Waals surface area contributed by atoms with E-state index in [1.165, 1.54) is 0 Å². The number of carbonyl (C=O) groups excluding carboxylic acids is 2. The van der Waals surface area contributed by atoms with Crippen LogP contribution in [0.5, 0.6) is 17.2 Å². The van der Waals surface area contributed by atoms with Crippen LogP contribution < -0.4 is 25.0 Å². The fraction of sp³-hybridized carbons (Fsp3) is 0.154. The number of hydrogen-bond donors (Lipinski definition) is 3. The number of methoxy groups -OCH3 is 3. The molecule has 3 aromatic carbocycles. The molecule has 0 aliphatic heterocycles. The van der Waals surface area contributed by atoms with Gasteiger partial charge in [-0.15, -0.1) is 0 Å². The van der Waals surface area contributed by atoms with E-state index in [2.05, 4.69) is 5.32 Å². The van der Waals surface area contributed by atoms with Crippen LogP contribution in [0.3, 0.4) is 0 Å². The van der Waals surface area contributed by atoms with Gasteiger partial charge in [-0.3, -0.25) is 14.8 Å². The molecule has 8 heteroatoms. The van der Waals surface area contributed by atoms with Gasteiger partial charge in [-0.1, -0.05) is 30.3 Å². The fourth-order valence-electron chi connectivity index (χ4n) is 3.28. The van der Waals surface area contributed by atoms with Crippen LogP contribution >= 0.6 is 0 Å². The molecular formula is C26H26N2O6. The summed E-state index contributed by atoms with van der Waals surface area (Å²) in [4.78, 5) is 24.7. The highest BCUT2D eigenvalue weighted by atomic mass is 16.5. The van der Waals surface area contributed by atoms with Crippen molar-refractivity contribution in [3.8, 4) is 17.2 Å². The zero-order valence-corrected chi connectivity index (χ0v) is 19.1. The average Bonchev–Trinajstić information content (AvgIpc) is 2.90. The summed E-state index contributed by atoms with van der Waals surface area (Å²) >= 11 is 0. The Labute approximate surface area is 197 Å². The Kier molecular flexibility index (Phi) is 8.26. The first-order valence-corrected chi connectivity index (χ1v) is 10.4. The molecular weight excluding hydrogens is 436 g/mol. The highest BCUT2D eigenvalue weighted by molar-refractivity contribution is 6.24. The third-order valence-corrected chi connectivity index (χ3v) is 5.13. The molecule has 8 nitrogen and oxygen atoms in total. The summed E-state index contributed by atoms with van der Waals surface area (Å²) in [7, 11) is 4.70. The lowest BCUT2D eigenvalue weighted by atomic mass is 10.0. The van der Waals surface area contributed by atoms with E-state index in [0.717, 1.165) is 11.1 Å². The number of nitrogens with one attached hydrogen (secondary N) is 2. The summed E-state index contributed by atoms with van der Waals surface area (Å²) < 4.78 is 15.9. The van der Waals surface area contributed by atoms with Crippen molar-refractivity contribution in [1.29, 1.82) is 0 Å². The van der Waals surface area contributed by atoms with E-state index in [4.69, 9.17) is 19.4 Å². The van der Waals surface area contributed by atoms with Gasteiger partial charge in [0.05, 0.1) is 21.3 Å². The van der Waals surface area contributed by atoms with Crippen LogP contribution in [0.1, 0.15) is 27.0 Å². The number of rotatable bonds is 9. The first kappa shape index (κ1) is 24.3. The minimum absolute atomic E-state index is 0.249. The highest BCUT2D eigenvalue weighted by Crippen LogP contribution is 2.30. The second-order valence-electron chi connectivity index (χ2n) is 7.22. The molecule has 34 heavy (non-hydrogen) atoms. The Morgan fingerprint density at radius 1 is 0.824 bits per heavy atom. The van der Waals surface area contributed by atoms with E-state index >= 15 is 0 Å². The summed E-state index contributed by atoms with van der Waals surface area (Å²) in [6.07, 6.45) is 1.77. The van der Waals surface area contributed by atoms with Gasteiger partial charge in [0.25, 0.3) is 11.8 Å². The maximum atomic E-state index is 13.2. The summed E-state index contributed by atoms with van der Waals surface area (Å²) in [6.45, 7) is 0.249. The van der Waals surface area contributed by atoms with Gasteiger partial charge in [0, 0.05) is 17.7 Å². The maximum absolute atomic E-state index is 13.2. The molecule has 3 aromatic rings. The molecule has 0 bridgehead atoms. The van der Waals surface area contributed by atoms with Crippen LogP contribution in [0.15, 0.2) is 66.7 Å². The number of hydrogen-bond acceptors (Lipinski definition) is 6. The topological polar surface area (TPSA) is 106 Å². The Morgan fingerprint density at radius 2 is 1.47 bits per heavy atom. The second kappa shape index (κ2) is 11.5. The van der Waals surface area contributed by atoms with Crippen molar-refractivity contribution in [1.82, 2.24) is 10.8 Å². The van der Waals surface area contributed by atoms with Gasteiger partial charge in [0.1, 0.15) is 5.75 Å². The molecule has 176 valence electrons. The number of ether oxygens (including phenoxy) is 3. The number of amides is 2. The van der Waals surface area contributed by atoms with Crippen molar-refractivity contribution in [2.24, 2.45) is 0 Å². The smallest absolute Gasteiger partial charge is 0.274 e. The van der Waals surface area contributed by atoms with Gasteiger partial charge in [0.2, 0.25) is 0 Å². The predicted molar refractivity (Wildman–Crippen MR) is 128 cm³/mol. The molecule has 0 heterocycles. The first-order chi connectivity index (χ1) is 16.5. The van der Waals surface area contributed by atoms with Gasteiger partial charge in [-0.2, -0.15) is 0 Å². The van der Waals surface area contributed by atoms with Crippen molar-refractivity contribution in [2.75, 3.05) is 21.3 Å². The third kappa shape index (κ3) is 5.93. The number of hydroxylamine groups is 1. The van der Waals surface area contributed by atoms with E-state index in [0.29, 0.717) is 33.9 Å². The monoisotopic (exact) mass is 462 g/mol. The minimum atomic E-state index is -0.602. The van der Waals surface area contributed by atoms with Gasteiger partial charge >= 0.3 is 0 Å². The summed E-state index contributed by atoms with van der Waals surface area (Å²) in [5.74, 6) is 0.945. The molecule has 0 atom stereocenters. The third-order valence-electron chi connectivity index (χ3n) is 5.13. The largest absolute Gasteiger partial charge is 0.497 e. The molecule has 0 unspecified atom stereocenters. The molecule has 0 aliphatic rings. The molecule has 0 aromatic heterocycles. The van der Waals surface area contributed by atoms with E-state index in [1.54, 1.807) is 81.4 Å². The van der Waals surface area contributed by atoms with Crippen LogP contribution in [0.2, 0.25) is 0 Å². The SMILES string of the molecule is COc1ccc(C(=Cc2ccc(OC)c(OC)c2)C(=O)NCc2ccc(C(=O)NO)cc2)cc1. The highest BCUT2D eigenvalue weighted by Gasteiger charge is 2.14. The Morgan fingerprint density at radius 3 is 2.06 bits per heavy atom. The number of benzene rings is 3. The molecule has 0 saturated carbocycles. The van der Waals surface area contributed by atoms with Crippen LogP contribution in [0.25, 0.3) is 11.6 Å². The molecule has 0 radical (unpaired) electrons. The molecule has 2 amide bonds. The van der Waals surface area contributed by atoms with Crippen molar-refractivity contribution in [2.45, 2.75) is 6.54 Å². The second-order valence-corrected chi connectivity index (χ2v) is 7.22. The van der Waals surface area contributed by atoms with Crippen LogP contribution in [-0.2, 0) is 11.3 Å².